The maximum absolute atomic E-state index is 12.5. The lowest BCUT2D eigenvalue weighted by molar-refractivity contribution is -0.121. The second-order valence-electron chi connectivity index (χ2n) is 9.41. The summed E-state index contributed by atoms with van der Waals surface area (Å²) in [7, 11) is -0.689. The molecular formula is C27H33ClN2O6S. The van der Waals surface area contributed by atoms with E-state index in [1.165, 1.54) is 14.1 Å². The van der Waals surface area contributed by atoms with Gasteiger partial charge in [0.15, 0.2) is 11.6 Å². The Bertz CT molecular complexity index is 1190. The van der Waals surface area contributed by atoms with Crippen molar-refractivity contribution in [2.24, 2.45) is 5.92 Å². The van der Waals surface area contributed by atoms with Crippen molar-refractivity contribution in [3.05, 3.63) is 64.7 Å². The van der Waals surface area contributed by atoms with Gasteiger partial charge in [-0.25, -0.2) is 12.7 Å². The number of hydrogen-bond donors (Lipinski definition) is 1. The lowest BCUT2D eigenvalue weighted by Crippen LogP contribution is -2.35. The third-order valence-corrected chi connectivity index (χ3v) is 8.48. The highest BCUT2D eigenvalue weighted by molar-refractivity contribution is 7.89. The van der Waals surface area contributed by atoms with Crippen molar-refractivity contribution in [1.29, 1.82) is 0 Å². The van der Waals surface area contributed by atoms with Crippen molar-refractivity contribution in [3.8, 4) is 5.75 Å². The summed E-state index contributed by atoms with van der Waals surface area (Å²) in [6, 6.07) is 13.6. The molecule has 1 saturated carbocycles. The predicted octanol–water partition coefficient (Wildman–Crippen LogP) is 4.13. The summed E-state index contributed by atoms with van der Waals surface area (Å²) < 4.78 is 31.0. The smallest absolute Gasteiger partial charge is 0.251 e. The van der Waals surface area contributed by atoms with E-state index in [0.29, 0.717) is 67.0 Å². The van der Waals surface area contributed by atoms with Crippen LogP contribution in [0.15, 0.2) is 48.5 Å². The van der Waals surface area contributed by atoms with Crippen molar-refractivity contribution in [2.75, 3.05) is 26.4 Å². The summed E-state index contributed by atoms with van der Waals surface area (Å²) in [6.07, 6.45) is 3.30. The number of nitrogens with one attached hydrogen (secondary N) is 1. The molecule has 37 heavy (non-hydrogen) atoms. The Morgan fingerprint density at radius 1 is 0.946 bits per heavy atom. The molecule has 0 unspecified atom stereocenters. The summed E-state index contributed by atoms with van der Waals surface area (Å²) in [6.45, 7) is 0.390. The lowest BCUT2D eigenvalue weighted by Gasteiger charge is -2.28. The number of Topliss-reactive ketones (excluding diaryl/α,β-unsaturated/α-hetero) is 2. The zero-order chi connectivity index (χ0) is 27.0. The second-order valence-corrected chi connectivity index (χ2v) is 12.0. The number of nitrogens with zero attached hydrogens (tertiary/aromatic N) is 1. The van der Waals surface area contributed by atoms with E-state index in [2.05, 4.69) is 5.32 Å². The standard InChI is InChI=1S/C27H33ClN2O6S/c1-30(2)37(34,35)18-26(32)20-9-15-24(16-10-20)36-23-13-7-19(8-14-23)25(31)4-3-17-29-27(33)21-5-11-22(28)12-6-21/h5-8,11-14,20,24H,3-4,9-10,15-18H2,1-2H3,(H,29,33). The quantitative estimate of drug-likeness (QED) is 0.315. The highest BCUT2D eigenvalue weighted by Crippen LogP contribution is 2.29. The minimum atomic E-state index is -3.54. The van der Waals surface area contributed by atoms with Crippen LogP contribution in [0.1, 0.15) is 59.2 Å². The molecule has 2 aromatic carbocycles. The molecule has 200 valence electrons. The summed E-state index contributed by atoms with van der Waals surface area (Å²) in [4.78, 5) is 37.0. The van der Waals surface area contributed by atoms with Gasteiger partial charge in [-0.3, -0.25) is 14.4 Å². The average molecular weight is 549 g/mol. The number of rotatable bonds is 12. The molecule has 0 radical (unpaired) electrons. The highest BCUT2D eigenvalue weighted by atomic mass is 35.5. The molecule has 0 heterocycles. The van der Waals surface area contributed by atoms with Crippen LogP contribution in [0.5, 0.6) is 5.75 Å². The molecular weight excluding hydrogens is 516 g/mol. The molecule has 0 aliphatic heterocycles. The maximum Gasteiger partial charge on any atom is 0.251 e. The van der Waals surface area contributed by atoms with Crippen LogP contribution in [-0.4, -0.2) is 62.7 Å². The Kier molecular flexibility index (Phi) is 10.3. The van der Waals surface area contributed by atoms with Gasteiger partial charge in [0.2, 0.25) is 10.0 Å². The largest absolute Gasteiger partial charge is 0.490 e. The first-order valence-electron chi connectivity index (χ1n) is 12.3. The van der Waals surface area contributed by atoms with E-state index < -0.39 is 15.8 Å². The average Bonchev–Trinajstić information content (AvgIpc) is 2.87. The molecule has 0 aromatic heterocycles. The molecule has 0 saturated heterocycles. The van der Waals surface area contributed by atoms with Crippen molar-refractivity contribution in [3.63, 3.8) is 0 Å². The second kappa shape index (κ2) is 13.2. The fraction of sp³-hybridized carbons (Fsp3) is 0.444. The maximum atomic E-state index is 12.5. The van der Waals surface area contributed by atoms with Crippen LogP contribution in [0.3, 0.4) is 0 Å². The van der Waals surface area contributed by atoms with E-state index in [1.54, 1.807) is 48.5 Å². The first kappa shape index (κ1) is 28.8. The number of hydrogen-bond acceptors (Lipinski definition) is 6. The fourth-order valence-corrected chi connectivity index (χ4v) is 5.12. The highest BCUT2D eigenvalue weighted by Gasteiger charge is 2.30. The number of ether oxygens (including phenoxy) is 1. The molecule has 1 amide bonds. The lowest BCUT2D eigenvalue weighted by atomic mass is 9.85. The minimum Gasteiger partial charge on any atom is -0.490 e. The number of amides is 1. The van der Waals surface area contributed by atoms with Crippen molar-refractivity contribution >= 4 is 39.1 Å². The minimum absolute atomic E-state index is 0.0148. The van der Waals surface area contributed by atoms with E-state index >= 15 is 0 Å². The van der Waals surface area contributed by atoms with E-state index in [9.17, 15) is 22.8 Å². The summed E-state index contributed by atoms with van der Waals surface area (Å²) in [5.41, 5.74) is 1.09. The van der Waals surface area contributed by atoms with Gasteiger partial charge in [-0.15, -0.1) is 0 Å². The number of ketones is 2. The first-order valence-corrected chi connectivity index (χ1v) is 14.3. The van der Waals surface area contributed by atoms with E-state index in [0.717, 1.165) is 4.31 Å². The summed E-state index contributed by atoms with van der Waals surface area (Å²) in [5, 5.41) is 3.36. The Labute approximate surface area is 223 Å². The Balaban J connectivity index is 1.38. The van der Waals surface area contributed by atoms with E-state index in [4.69, 9.17) is 16.3 Å². The van der Waals surface area contributed by atoms with Gasteiger partial charge in [-0.05, 0) is 80.6 Å². The Hall–Kier alpha value is -2.75. The molecule has 2 aromatic rings. The molecule has 1 N–H and O–H groups in total. The molecule has 3 rings (SSSR count). The van der Waals surface area contributed by atoms with Crippen LogP contribution in [0.25, 0.3) is 0 Å². The molecule has 8 nitrogen and oxygen atoms in total. The normalized spacial score (nSPS) is 17.8. The number of benzene rings is 2. The van der Waals surface area contributed by atoms with Gasteiger partial charge >= 0.3 is 0 Å². The number of sulfonamides is 1. The van der Waals surface area contributed by atoms with Gasteiger partial charge in [0.1, 0.15) is 11.5 Å². The predicted molar refractivity (Wildman–Crippen MR) is 143 cm³/mol. The molecule has 1 aliphatic carbocycles. The van der Waals surface area contributed by atoms with Crippen LogP contribution in [0.2, 0.25) is 5.02 Å². The zero-order valence-electron chi connectivity index (χ0n) is 21.1. The van der Waals surface area contributed by atoms with Gasteiger partial charge in [-0.1, -0.05) is 11.6 Å². The fourth-order valence-electron chi connectivity index (χ4n) is 4.14. The number of carbonyl (C=O) groups is 3. The van der Waals surface area contributed by atoms with Crippen LogP contribution in [-0.2, 0) is 14.8 Å². The molecule has 10 heteroatoms. The van der Waals surface area contributed by atoms with Crippen molar-refractivity contribution in [1.82, 2.24) is 9.62 Å². The molecule has 0 bridgehead atoms. The van der Waals surface area contributed by atoms with Crippen LogP contribution in [0, 0.1) is 5.92 Å². The van der Waals surface area contributed by atoms with Gasteiger partial charge in [0.05, 0.1) is 6.10 Å². The monoisotopic (exact) mass is 548 g/mol. The SMILES string of the molecule is CN(C)S(=O)(=O)CC(=O)C1CCC(Oc2ccc(C(=O)CCCNC(=O)c3ccc(Cl)cc3)cc2)CC1. The molecule has 0 spiro atoms. The molecule has 0 atom stereocenters. The van der Waals surface area contributed by atoms with Gasteiger partial charge in [-0.2, -0.15) is 0 Å². The van der Waals surface area contributed by atoms with Crippen LogP contribution >= 0.6 is 11.6 Å². The third-order valence-electron chi connectivity index (χ3n) is 6.46. The molecule has 1 fully saturated rings. The van der Waals surface area contributed by atoms with Gasteiger partial charge < -0.3 is 10.1 Å². The number of carbonyl (C=O) groups excluding carboxylic acids is 3. The first-order chi connectivity index (χ1) is 17.5. The topological polar surface area (TPSA) is 110 Å². The number of halogens is 1. The third kappa shape index (κ3) is 8.66. The molecule has 1 aliphatic rings. The Morgan fingerprint density at radius 2 is 1.54 bits per heavy atom. The Morgan fingerprint density at radius 3 is 2.14 bits per heavy atom. The van der Waals surface area contributed by atoms with Crippen LogP contribution < -0.4 is 10.1 Å². The van der Waals surface area contributed by atoms with Gasteiger partial charge in [0.25, 0.3) is 5.91 Å². The summed E-state index contributed by atoms with van der Waals surface area (Å²) >= 11 is 5.83. The van der Waals surface area contributed by atoms with Crippen LogP contribution in [0.4, 0.5) is 0 Å². The van der Waals surface area contributed by atoms with E-state index in [1.807, 2.05) is 0 Å². The zero-order valence-corrected chi connectivity index (χ0v) is 22.7. The van der Waals surface area contributed by atoms with Gasteiger partial charge in [0, 0.05) is 49.1 Å². The van der Waals surface area contributed by atoms with Crippen molar-refractivity contribution in [2.45, 2.75) is 44.6 Å². The summed E-state index contributed by atoms with van der Waals surface area (Å²) in [5.74, 6) is -0.524. The van der Waals surface area contributed by atoms with Crippen molar-refractivity contribution < 1.29 is 27.5 Å². The van der Waals surface area contributed by atoms with E-state index in [-0.39, 0.29) is 29.5 Å².